The van der Waals surface area contributed by atoms with Gasteiger partial charge in [-0.2, -0.15) is 13.9 Å². The molecule has 5 rings (SSSR count). The minimum Gasteiger partial charge on any atom is -0.458 e. The highest BCUT2D eigenvalue weighted by Crippen LogP contribution is 2.37. The maximum absolute atomic E-state index is 13.1. The number of para-hydroxylation sites is 1. The number of furan rings is 1. The Morgan fingerprint density at radius 2 is 2.18 bits per heavy atom. The number of rotatable bonds is 3. The molecule has 0 saturated carbocycles. The molecule has 0 radical (unpaired) electrons. The average molecular weight is 383 g/mol. The zero-order valence-electron chi connectivity index (χ0n) is 14.5. The van der Waals surface area contributed by atoms with Crippen LogP contribution in [-0.2, 0) is 6.42 Å². The van der Waals surface area contributed by atoms with Crippen LogP contribution in [0.1, 0.15) is 40.1 Å². The fourth-order valence-electron chi connectivity index (χ4n) is 3.64. The number of hydrogen-bond acceptors (Lipinski definition) is 4. The number of amides is 1. The molecule has 142 valence electrons. The first-order valence-electron chi connectivity index (χ1n) is 8.75. The third-order valence-electron chi connectivity index (χ3n) is 4.95. The maximum Gasteiger partial charge on any atom is 0.333 e. The molecule has 0 bridgehead atoms. The highest BCUT2D eigenvalue weighted by molar-refractivity contribution is 5.94. The van der Waals surface area contributed by atoms with Crippen molar-refractivity contribution < 1.29 is 18.0 Å². The van der Waals surface area contributed by atoms with Gasteiger partial charge in [0, 0.05) is 30.2 Å². The lowest BCUT2D eigenvalue weighted by atomic mass is 9.99. The molecular weight excluding hydrogens is 368 g/mol. The van der Waals surface area contributed by atoms with Crippen molar-refractivity contribution in [3.63, 3.8) is 0 Å². The van der Waals surface area contributed by atoms with E-state index in [2.05, 4.69) is 15.1 Å². The number of halogens is 2. The van der Waals surface area contributed by atoms with Crippen LogP contribution in [0.4, 0.5) is 8.78 Å². The van der Waals surface area contributed by atoms with Gasteiger partial charge in [0.05, 0.1) is 23.8 Å². The first kappa shape index (κ1) is 16.7. The van der Waals surface area contributed by atoms with E-state index in [1.54, 1.807) is 11.2 Å². The molecule has 4 aromatic rings. The van der Waals surface area contributed by atoms with Crippen molar-refractivity contribution in [2.75, 3.05) is 6.54 Å². The number of hydrogen-bond donors (Lipinski definition) is 1. The summed E-state index contributed by atoms with van der Waals surface area (Å²) in [5, 5.41) is 4.49. The Balaban J connectivity index is 1.58. The minimum atomic E-state index is -2.80. The van der Waals surface area contributed by atoms with Crippen molar-refractivity contribution >= 4 is 16.9 Å². The molecule has 7 nitrogen and oxygen atoms in total. The molecule has 0 unspecified atom stereocenters. The topological polar surface area (TPSA) is 80.0 Å². The Kier molecular flexibility index (Phi) is 3.75. The molecule has 1 aliphatic rings. The molecule has 0 saturated heterocycles. The van der Waals surface area contributed by atoms with Gasteiger partial charge in [-0.15, -0.1) is 0 Å². The van der Waals surface area contributed by atoms with E-state index in [0.717, 1.165) is 23.5 Å². The molecule has 0 aliphatic carbocycles. The van der Waals surface area contributed by atoms with E-state index in [-0.39, 0.29) is 5.56 Å². The lowest BCUT2D eigenvalue weighted by Gasteiger charge is -2.33. The summed E-state index contributed by atoms with van der Waals surface area (Å²) < 4.78 is 32.2. The highest BCUT2D eigenvalue weighted by Gasteiger charge is 2.37. The Labute approximate surface area is 157 Å². The molecule has 1 aromatic carbocycles. The van der Waals surface area contributed by atoms with Crippen molar-refractivity contribution in [1.29, 1.82) is 0 Å². The molecule has 0 fully saturated rings. The van der Waals surface area contributed by atoms with Crippen molar-refractivity contribution in [2.24, 2.45) is 0 Å². The monoisotopic (exact) mass is 383 g/mol. The molecule has 3 aromatic heterocycles. The van der Waals surface area contributed by atoms with Gasteiger partial charge >= 0.3 is 6.55 Å². The van der Waals surface area contributed by atoms with Gasteiger partial charge in [-0.1, -0.05) is 18.2 Å². The third-order valence-corrected chi connectivity index (χ3v) is 4.95. The summed E-state index contributed by atoms with van der Waals surface area (Å²) in [7, 11) is 0. The first-order valence-corrected chi connectivity index (χ1v) is 8.75. The van der Waals surface area contributed by atoms with Crippen LogP contribution in [0.3, 0.4) is 0 Å². The molecule has 0 spiro atoms. The van der Waals surface area contributed by atoms with Gasteiger partial charge in [0.25, 0.3) is 5.91 Å². The van der Waals surface area contributed by atoms with E-state index in [1.807, 2.05) is 30.3 Å². The van der Waals surface area contributed by atoms with Crippen LogP contribution < -0.4 is 0 Å². The summed E-state index contributed by atoms with van der Waals surface area (Å²) in [6.07, 6.45) is 4.39. The van der Waals surface area contributed by atoms with E-state index in [0.29, 0.717) is 34.7 Å². The number of fused-ring (bicyclic) bond motifs is 2. The summed E-state index contributed by atoms with van der Waals surface area (Å²) >= 11 is 0. The number of carbonyl (C=O) groups excluding carboxylic acids is 1. The molecule has 9 heteroatoms. The number of nitrogens with zero attached hydrogens (tertiary/aromatic N) is 4. The highest BCUT2D eigenvalue weighted by atomic mass is 19.3. The lowest BCUT2D eigenvalue weighted by Crippen LogP contribution is -2.40. The van der Waals surface area contributed by atoms with Crippen LogP contribution in [0.5, 0.6) is 0 Å². The number of H-pyrrole nitrogens is 1. The molecule has 1 N–H and O–H groups in total. The second-order valence-corrected chi connectivity index (χ2v) is 6.59. The van der Waals surface area contributed by atoms with Crippen molar-refractivity contribution in [2.45, 2.75) is 19.0 Å². The van der Waals surface area contributed by atoms with Gasteiger partial charge in [0.1, 0.15) is 17.4 Å². The number of imidazole rings is 1. The second-order valence-electron chi connectivity index (χ2n) is 6.59. The minimum absolute atomic E-state index is 0.0976. The lowest BCUT2D eigenvalue weighted by molar-refractivity contribution is 0.0562. The number of benzene rings is 1. The molecular formula is C19H15F2N5O2. The van der Waals surface area contributed by atoms with Crippen LogP contribution in [0.2, 0.25) is 0 Å². The predicted molar refractivity (Wildman–Crippen MR) is 94.9 cm³/mol. The largest absolute Gasteiger partial charge is 0.458 e. The maximum atomic E-state index is 13.1. The normalized spacial score (nSPS) is 16.7. The summed E-state index contributed by atoms with van der Waals surface area (Å²) in [6.45, 7) is -2.40. The quantitative estimate of drug-likeness (QED) is 0.587. The number of nitrogens with one attached hydrogen (secondary N) is 1. The summed E-state index contributed by atoms with van der Waals surface area (Å²) in [5.74, 6) is 0.176. The van der Waals surface area contributed by atoms with Crippen molar-refractivity contribution in [3.05, 3.63) is 71.8 Å². The smallest absolute Gasteiger partial charge is 0.333 e. The van der Waals surface area contributed by atoms with Gasteiger partial charge in [-0.05, 0) is 12.1 Å². The van der Waals surface area contributed by atoms with E-state index >= 15 is 0 Å². The standard InChI is InChI=1S/C19H15F2N5O2/c20-19(21)26-9-12(8-24-26)18(27)25-6-5-13-16(23-10-22-13)17(25)15-7-11-3-1-2-4-14(11)28-15/h1-4,7-10,17,19H,5-6H2,(H,22,23)/t17-/m1/s1. The van der Waals surface area contributed by atoms with Crippen LogP contribution in [0, 0.1) is 0 Å². The molecule has 28 heavy (non-hydrogen) atoms. The first-order chi connectivity index (χ1) is 13.6. The molecule has 1 amide bonds. The Bertz CT molecular complexity index is 1130. The Morgan fingerprint density at radius 1 is 1.32 bits per heavy atom. The van der Waals surface area contributed by atoms with Gasteiger partial charge in [-0.3, -0.25) is 4.79 Å². The fourth-order valence-corrected chi connectivity index (χ4v) is 3.64. The van der Waals surface area contributed by atoms with E-state index in [1.165, 1.54) is 0 Å². The van der Waals surface area contributed by atoms with Gasteiger partial charge in [-0.25, -0.2) is 9.67 Å². The Hall–Kier alpha value is -3.49. The van der Waals surface area contributed by atoms with Gasteiger partial charge < -0.3 is 14.3 Å². The summed E-state index contributed by atoms with van der Waals surface area (Å²) in [5.41, 5.74) is 2.43. The molecule has 1 atom stereocenters. The SMILES string of the molecule is O=C(c1cnn(C(F)F)c1)N1CCc2[nH]cnc2[C@H]1c1cc2ccccc2o1. The van der Waals surface area contributed by atoms with Crippen LogP contribution in [0.25, 0.3) is 11.0 Å². The number of alkyl halides is 2. The predicted octanol–water partition coefficient (Wildman–Crippen LogP) is 3.54. The van der Waals surface area contributed by atoms with Crippen molar-refractivity contribution in [1.82, 2.24) is 24.6 Å². The van der Waals surface area contributed by atoms with E-state index in [9.17, 15) is 13.6 Å². The van der Waals surface area contributed by atoms with Gasteiger partial charge in [0.15, 0.2) is 0 Å². The van der Waals surface area contributed by atoms with E-state index < -0.39 is 18.5 Å². The molecule has 4 heterocycles. The fraction of sp³-hybridized carbons (Fsp3) is 0.211. The number of carbonyl (C=O) groups is 1. The van der Waals surface area contributed by atoms with Crippen LogP contribution in [-0.4, -0.2) is 37.1 Å². The van der Waals surface area contributed by atoms with Gasteiger partial charge in [0.2, 0.25) is 0 Å². The molecule has 1 aliphatic heterocycles. The zero-order chi connectivity index (χ0) is 19.3. The van der Waals surface area contributed by atoms with E-state index in [4.69, 9.17) is 4.42 Å². The summed E-state index contributed by atoms with van der Waals surface area (Å²) in [6, 6.07) is 8.89. The average Bonchev–Trinajstić information content (AvgIpc) is 3.44. The zero-order valence-corrected chi connectivity index (χ0v) is 14.5. The Morgan fingerprint density at radius 3 is 2.96 bits per heavy atom. The van der Waals surface area contributed by atoms with Crippen LogP contribution >= 0.6 is 0 Å². The summed E-state index contributed by atoms with van der Waals surface area (Å²) in [4.78, 5) is 22.2. The second kappa shape index (κ2) is 6.29. The number of aromatic amines is 1. The van der Waals surface area contributed by atoms with Crippen LogP contribution in [0.15, 0.2) is 53.5 Å². The number of aromatic nitrogens is 4. The van der Waals surface area contributed by atoms with Crippen molar-refractivity contribution in [3.8, 4) is 0 Å². The third kappa shape index (κ3) is 2.58.